The molecule has 0 heterocycles. The van der Waals surface area contributed by atoms with Crippen LogP contribution < -0.4 is 5.32 Å². The van der Waals surface area contributed by atoms with Crippen LogP contribution in [0.1, 0.15) is 25.7 Å². The standard InChI is InChI=1S/C9H16BrNO/c1-2-9(12)11-8-6-4-3-5-7-10/h2H,1,3-8H2,(H,11,12). The lowest BCUT2D eigenvalue weighted by Crippen LogP contribution is -2.21. The molecule has 0 aliphatic heterocycles. The van der Waals surface area contributed by atoms with Gasteiger partial charge >= 0.3 is 0 Å². The second kappa shape index (κ2) is 8.78. The number of hydrogen-bond donors (Lipinski definition) is 1. The molecule has 1 N–H and O–H groups in total. The Morgan fingerprint density at radius 1 is 1.33 bits per heavy atom. The molecule has 0 aromatic rings. The van der Waals surface area contributed by atoms with E-state index >= 15 is 0 Å². The van der Waals surface area contributed by atoms with Crippen molar-refractivity contribution in [3.05, 3.63) is 12.7 Å². The molecular weight excluding hydrogens is 218 g/mol. The number of rotatable bonds is 7. The maximum absolute atomic E-state index is 10.7. The Balaban J connectivity index is 3.00. The Hall–Kier alpha value is -0.310. The summed E-state index contributed by atoms with van der Waals surface area (Å²) >= 11 is 3.37. The van der Waals surface area contributed by atoms with E-state index in [0.29, 0.717) is 0 Å². The Kier molecular flexibility index (Phi) is 8.56. The summed E-state index contributed by atoms with van der Waals surface area (Å²) in [6.07, 6.45) is 6.00. The van der Waals surface area contributed by atoms with E-state index in [1.54, 1.807) is 0 Å². The van der Waals surface area contributed by atoms with E-state index in [1.807, 2.05) is 0 Å². The molecule has 12 heavy (non-hydrogen) atoms. The second-order valence-electron chi connectivity index (χ2n) is 2.60. The third-order valence-corrected chi connectivity index (χ3v) is 2.11. The summed E-state index contributed by atoms with van der Waals surface area (Å²) in [5.41, 5.74) is 0. The first-order valence-corrected chi connectivity index (χ1v) is 5.39. The van der Waals surface area contributed by atoms with Crippen LogP contribution in [0.5, 0.6) is 0 Å². The second-order valence-corrected chi connectivity index (χ2v) is 3.39. The van der Waals surface area contributed by atoms with Crippen LogP contribution in [0.25, 0.3) is 0 Å². The van der Waals surface area contributed by atoms with Gasteiger partial charge in [-0.15, -0.1) is 0 Å². The van der Waals surface area contributed by atoms with Gasteiger partial charge in [0.25, 0.3) is 0 Å². The van der Waals surface area contributed by atoms with Gasteiger partial charge in [-0.1, -0.05) is 35.4 Å². The highest BCUT2D eigenvalue weighted by atomic mass is 79.9. The molecular formula is C9H16BrNO. The third-order valence-electron chi connectivity index (χ3n) is 1.55. The van der Waals surface area contributed by atoms with Gasteiger partial charge in [-0.3, -0.25) is 4.79 Å². The molecule has 0 saturated carbocycles. The van der Waals surface area contributed by atoms with Crippen LogP contribution in [0.15, 0.2) is 12.7 Å². The van der Waals surface area contributed by atoms with Crippen molar-refractivity contribution in [1.29, 1.82) is 0 Å². The first-order valence-electron chi connectivity index (χ1n) is 4.27. The summed E-state index contributed by atoms with van der Waals surface area (Å²) in [7, 11) is 0. The van der Waals surface area contributed by atoms with Crippen LogP contribution in [0, 0.1) is 0 Å². The molecule has 0 radical (unpaired) electrons. The van der Waals surface area contributed by atoms with Crippen molar-refractivity contribution in [2.75, 3.05) is 11.9 Å². The minimum Gasteiger partial charge on any atom is -0.353 e. The van der Waals surface area contributed by atoms with Crippen LogP contribution in [0.3, 0.4) is 0 Å². The average molecular weight is 234 g/mol. The fraction of sp³-hybridized carbons (Fsp3) is 0.667. The highest BCUT2D eigenvalue weighted by Crippen LogP contribution is 2.00. The first kappa shape index (κ1) is 11.7. The number of alkyl halides is 1. The van der Waals surface area contributed by atoms with E-state index in [0.717, 1.165) is 18.3 Å². The van der Waals surface area contributed by atoms with Gasteiger partial charge in [0.15, 0.2) is 0 Å². The lowest BCUT2D eigenvalue weighted by molar-refractivity contribution is -0.116. The van der Waals surface area contributed by atoms with Gasteiger partial charge < -0.3 is 5.32 Å². The van der Waals surface area contributed by atoms with Crippen molar-refractivity contribution in [1.82, 2.24) is 5.32 Å². The summed E-state index contributed by atoms with van der Waals surface area (Å²) in [6, 6.07) is 0. The molecule has 0 aromatic carbocycles. The predicted octanol–water partition coefficient (Wildman–Crippen LogP) is 2.24. The van der Waals surface area contributed by atoms with Crippen molar-refractivity contribution in [2.24, 2.45) is 0 Å². The molecule has 2 nitrogen and oxygen atoms in total. The van der Waals surface area contributed by atoms with E-state index < -0.39 is 0 Å². The van der Waals surface area contributed by atoms with E-state index in [9.17, 15) is 4.79 Å². The lowest BCUT2D eigenvalue weighted by Gasteiger charge is -2.00. The molecule has 0 aromatic heterocycles. The number of amides is 1. The van der Waals surface area contributed by atoms with Crippen LogP contribution in [0.2, 0.25) is 0 Å². The van der Waals surface area contributed by atoms with Crippen LogP contribution >= 0.6 is 15.9 Å². The third kappa shape index (κ3) is 7.79. The highest BCUT2D eigenvalue weighted by molar-refractivity contribution is 9.09. The Labute approximate surface area is 82.5 Å². The fourth-order valence-corrected chi connectivity index (χ4v) is 1.25. The zero-order valence-electron chi connectivity index (χ0n) is 7.31. The molecule has 0 spiro atoms. The van der Waals surface area contributed by atoms with Crippen molar-refractivity contribution in [3.63, 3.8) is 0 Å². The van der Waals surface area contributed by atoms with Gasteiger partial charge in [0.2, 0.25) is 5.91 Å². The maximum atomic E-state index is 10.7. The number of carbonyl (C=O) groups is 1. The van der Waals surface area contributed by atoms with Crippen molar-refractivity contribution in [3.8, 4) is 0 Å². The summed E-state index contributed by atoms with van der Waals surface area (Å²) in [5.74, 6) is -0.0736. The molecule has 0 fully saturated rings. The molecule has 3 heteroatoms. The Morgan fingerprint density at radius 2 is 2.00 bits per heavy atom. The average Bonchev–Trinajstić information content (AvgIpc) is 2.10. The zero-order chi connectivity index (χ0) is 9.23. The van der Waals surface area contributed by atoms with Crippen molar-refractivity contribution < 1.29 is 4.79 Å². The lowest BCUT2D eigenvalue weighted by atomic mass is 10.2. The van der Waals surface area contributed by atoms with E-state index in [-0.39, 0.29) is 5.91 Å². The van der Waals surface area contributed by atoms with Gasteiger partial charge in [0.1, 0.15) is 0 Å². The van der Waals surface area contributed by atoms with Gasteiger partial charge in [0.05, 0.1) is 0 Å². The number of nitrogens with one attached hydrogen (secondary N) is 1. The Bertz CT molecular complexity index is 136. The molecule has 0 unspecified atom stereocenters. The fourth-order valence-electron chi connectivity index (χ4n) is 0.857. The molecule has 0 aliphatic rings. The monoisotopic (exact) mass is 233 g/mol. The number of unbranched alkanes of at least 4 members (excludes halogenated alkanes) is 3. The van der Waals surface area contributed by atoms with Gasteiger partial charge in [-0.2, -0.15) is 0 Å². The SMILES string of the molecule is C=CC(=O)NCCCCCCBr. The van der Waals surface area contributed by atoms with Crippen molar-refractivity contribution in [2.45, 2.75) is 25.7 Å². The zero-order valence-corrected chi connectivity index (χ0v) is 8.90. The molecule has 0 atom stereocenters. The van der Waals surface area contributed by atoms with Gasteiger partial charge in [-0.05, 0) is 18.9 Å². The largest absolute Gasteiger partial charge is 0.353 e. The van der Waals surface area contributed by atoms with Crippen LogP contribution in [-0.4, -0.2) is 17.8 Å². The predicted molar refractivity (Wildman–Crippen MR) is 55.5 cm³/mol. The smallest absolute Gasteiger partial charge is 0.243 e. The van der Waals surface area contributed by atoms with E-state index in [4.69, 9.17) is 0 Å². The number of halogens is 1. The van der Waals surface area contributed by atoms with Gasteiger partial charge in [0, 0.05) is 11.9 Å². The summed E-state index contributed by atoms with van der Waals surface area (Å²) in [4.78, 5) is 10.7. The molecule has 70 valence electrons. The summed E-state index contributed by atoms with van der Waals surface area (Å²) in [5, 5.41) is 3.82. The van der Waals surface area contributed by atoms with Gasteiger partial charge in [-0.25, -0.2) is 0 Å². The molecule has 0 rings (SSSR count). The quantitative estimate of drug-likeness (QED) is 0.408. The Morgan fingerprint density at radius 3 is 2.58 bits per heavy atom. The first-order chi connectivity index (χ1) is 5.81. The molecule has 0 bridgehead atoms. The minimum atomic E-state index is -0.0736. The topological polar surface area (TPSA) is 29.1 Å². The maximum Gasteiger partial charge on any atom is 0.243 e. The van der Waals surface area contributed by atoms with E-state index in [1.165, 1.54) is 25.3 Å². The molecule has 0 saturated heterocycles. The molecule has 0 aliphatic carbocycles. The molecule has 1 amide bonds. The van der Waals surface area contributed by atoms with Crippen molar-refractivity contribution >= 4 is 21.8 Å². The van der Waals surface area contributed by atoms with E-state index in [2.05, 4.69) is 27.8 Å². The van der Waals surface area contributed by atoms with Crippen LogP contribution in [-0.2, 0) is 4.79 Å². The normalized spacial score (nSPS) is 9.42. The van der Waals surface area contributed by atoms with Crippen LogP contribution in [0.4, 0.5) is 0 Å². The number of hydrogen-bond acceptors (Lipinski definition) is 1. The highest BCUT2D eigenvalue weighted by Gasteiger charge is 1.92. The number of carbonyl (C=O) groups excluding carboxylic acids is 1. The summed E-state index contributed by atoms with van der Waals surface area (Å²) in [6.45, 7) is 4.14. The summed E-state index contributed by atoms with van der Waals surface area (Å²) < 4.78 is 0. The minimum absolute atomic E-state index is 0.0736.